The fourth-order valence-electron chi connectivity index (χ4n) is 6.80. The van der Waals surface area contributed by atoms with Gasteiger partial charge in [-0.3, -0.25) is 9.59 Å². The summed E-state index contributed by atoms with van der Waals surface area (Å²) < 4.78 is 7.98. The lowest BCUT2D eigenvalue weighted by molar-refractivity contribution is -0.146. The smallest absolute Gasteiger partial charge is 0.279 e. The van der Waals surface area contributed by atoms with Crippen LogP contribution in [0.5, 0.6) is 0 Å². The molecule has 10 heteroatoms. The first-order chi connectivity index (χ1) is 19.6. The highest BCUT2D eigenvalue weighted by molar-refractivity contribution is 6.71. The van der Waals surface area contributed by atoms with Gasteiger partial charge in [-0.15, -0.1) is 0 Å². The Hall–Kier alpha value is -3.34. The number of amides is 1. The van der Waals surface area contributed by atoms with E-state index in [0.29, 0.717) is 33.8 Å². The third-order valence-electron chi connectivity index (χ3n) is 8.58. The van der Waals surface area contributed by atoms with Gasteiger partial charge in [0.15, 0.2) is 13.9 Å². The molecule has 41 heavy (non-hydrogen) atoms. The maximum atomic E-state index is 14.4. The second kappa shape index (κ2) is 10.2. The Morgan fingerprint density at radius 3 is 2.51 bits per heavy atom. The van der Waals surface area contributed by atoms with Crippen LogP contribution in [0, 0.1) is 5.92 Å². The van der Waals surface area contributed by atoms with Crippen molar-refractivity contribution in [2.45, 2.75) is 50.2 Å². The van der Waals surface area contributed by atoms with E-state index in [2.05, 4.69) is 5.10 Å². The average Bonchev–Trinajstić information content (AvgIpc) is 3.36. The summed E-state index contributed by atoms with van der Waals surface area (Å²) in [5.74, 6) is -0.531. The number of benzene rings is 3. The van der Waals surface area contributed by atoms with Crippen molar-refractivity contribution in [3.63, 3.8) is 0 Å². The number of halogens is 1. The number of ether oxygens (including phenoxy) is 1. The van der Waals surface area contributed by atoms with Crippen molar-refractivity contribution in [3.05, 3.63) is 99.4 Å². The molecule has 1 spiro atoms. The van der Waals surface area contributed by atoms with Gasteiger partial charge in [-0.1, -0.05) is 48.9 Å². The summed E-state index contributed by atoms with van der Waals surface area (Å²) >= 11 is 6.44. The van der Waals surface area contributed by atoms with Gasteiger partial charge in [0.05, 0.1) is 35.6 Å². The van der Waals surface area contributed by atoms with Crippen LogP contribution in [0.3, 0.4) is 0 Å². The summed E-state index contributed by atoms with van der Waals surface area (Å²) in [4.78, 5) is 40.3. The number of nitrogens with zero attached hydrogens (tertiary/aromatic N) is 3. The van der Waals surface area contributed by atoms with Gasteiger partial charge in [-0.05, 0) is 61.5 Å². The molecule has 4 aromatic rings. The monoisotopic (exact) mass is 589 g/mol. The molecule has 1 fully saturated rings. The topological polar surface area (TPSA) is 105 Å². The van der Waals surface area contributed by atoms with Crippen molar-refractivity contribution in [2.75, 3.05) is 11.5 Å². The van der Waals surface area contributed by atoms with Crippen molar-refractivity contribution in [3.8, 4) is 5.69 Å². The maximum Gasteiger partial charge on any atom is 0.279 e. The van der Waals surface area contributed by atoms with E-state index in [1.807, 2.05) is 68.5 Å². The number of aromatic nitrogens is 2. The van der Waals surface area contributed by atoms with Crippen molar-refractivity contribution in [1.29, 1.82) is 0 Å². The van der Waals surface area contributed by atoms with E-state index in [4.69, 9.17) is 16.3 Å². The van der Waals surface area contributed by atoms with Crippen LogP contribution in [0.15, 0.2) is 77.7 Å². The molecule has 3 aromatic carbocycles. The van der Waals surface area contributed by atoms with E-state index < -0.39 is 20.0 Å². The largest absolute Gasteiger partial charge is 0.432 e. The second-order valence-electron chi connectivity index (χ2n) is 11.5. The number of rotatable bonds is 6. The van der Waals surface area contributed by atoms with E-state index in [9.17, 15) is 19.5 Å². The van der Waals surface area contributed by atoms with E-state index in [-0.39, 0.29) is 36.1 Å². The highest BCUT2D eigenvalue weighted by Crippen LogP contribution is 2.60. The average molecular weight is 590 g/mol. The zero-order valence-electron chi connectivity index (χ0n) is 23.1. The standard InChI is InChI=1S/C31H32ClN3O5Si/c1-19-28(41(2,3)39)27(14-15-36)40-31(19)25-16-22(32)10-13-26(25)34(30(31)38)18-20-8-11-23(12-9-20)35-29(37)24-7-5-4-6-21(24)17-33-35/h4-13,16-17,19,27-28,36,39H,14-15,18H2,1-3H3/t19-,27+,28-,31+/m1/s1. The van der Waals surface area contributed by atoms with Crippen LogP contribution in [-0.2, 0) is 21.7 Å². The van der Waals surface area contributed by atoms with Gasteiger partial charge >= 0.3 is 0 Å². The van der Waals surface area contributed by atoms with Crippen LogP contribution in [0.2, 0.25) is 23.7 Å². The van der Waals surface area contributed by atoms with Crippen LogP contribution in [0.1, 0.15) is 24.5 Å². The van der Waals surface area contributed by atoms with Gasteiger partial charge < -0.3 is 19.5 Å². The number of hydrogen-bond acceptors (Lipinski definition) is 6. The minimum atomic E-state index is -2.78. The number of carbonyl (C=O) groups is 1. The Bertz CT molecular complexity index is 1700. The van der Waals surface area contributed by atoms with E-state index in [1.165, 1.54) is 4.68 Å². The predicted octanol–water partition coefficient (Wildman–Crippen LogP) is 4.77. The second-order valence-corrected chi connectivity index (χ2v) is 16.0. The summed E-state index contributed by atoms with van der Waals surface area (Å²) in [6.45, 7) is 5.85. The molecule has 1 amide bonds. The minimum Gasteiger partial charge on any atom is -0.432 e. The quantitative estimate of drug-likeness (QED) is 0.314. The van der Waals surface area contributed by atoms with E-state index in [1.54, 1.807) is 29.3 Å². The molecule has 6 rings (SSSR count). The first-order valence-electron chi connectivity index (χ1n) is 13.8. The molecule has 3 heterocycles. The van der Waals surface area contributed by atoms with Gasteiger partial charge in [0.25, 0.3) is 11.5 Å². The number of aliphatic hydroxyl groups excluding tert-OH is 1. The number of anilines is 1. The summed E-state index contributed by atoms with van der Waals surface area (Å²) in [5.41, 5.74) is 1.13. The Balaban J connectivity index is 1.35. The van der Waals surface area contributed by atoms with Crippen molar-refractivity contribution < 1.29 is 19.4 Å². The number of hydrogen-bond donors (Lipinski definition) is 2. The van der Waals surface area contributed by atoms with Gasteiger partial charge in [-0.25, -0.2) is 0 Å². The zero-order chi connectivity index (χ0) is 29.1. The molecule has 212 valence electrons. The molecular weight excluding hydrogens is 558 g/mol. The molecule has 8 nitrogen and oxygen atoms in total. The van der Waals surface area contributed by atoms with Crippen molar-refractivity contribution in [1.82, 2.24) is 9.78 Å². The van der Waals surface area contributed by atoms with Crippen LogP contribution < -0.4 is 10.5 Å². The highest BCUT2D eigenvalue weighted by Gasteiger charge is 2.66. The first kappa shape index (κ1) is 27.8. The van der Waals surface area contributed by atoms with E-state index in [0.717, 1.165) is 10.9 Å². The van der Waals surface area contributed by atoms with Crippen molar-refractivity contribution >= 4 is 42.3 Å². The molecule has 0 bridgehead atoms. The Labute approximate surface area is 243 Å². The fourth-order valence-corrected chi connectivity index (χ4v) is 9.58. The van der Waals surface area contributed by atoms with Crippen LogP contribution >= 0.6 is 11.6 Å². The SMILES string of the molecule is C[C@@H]1[C@@H]([Si](C)(C)O)[C@H](CCO)O[C@@]12C(=O)N(Cc1ccc(-n3ncc4ccccc4c3=O)cc1)c1ccc(Cl)cc12. The summed E-state index contributed by atoms with van der Waals surface area (Å²) in [6, 6.07) is 20.1. The Morgan fingerprint density at radius 1 is 1.07 bits per heavy atom. The van der Waals surface area contributed by atoms with Crippen molar-refractivity contribution in [2.24, 2.45) is 5.92 Å². The minimum absolute atomic E-state index is 0.101. The molecule has 2 aliphatic heterocycles. The molecule has 2 aliphatic rings. The van der Waals surface area contributed by atoms with Crippen LogP contribution in [0.25, 0.3) is 16.5 Å². The van der Waals surface area contributed by atoms with Gasteiger partial charge in [-0.2, -0.15) is 9.78 Å². The summed E-state index contributed by atoms with van der Waals surface area (Å²) in [7, 11) is -2.78. The van der Waals surface area contributed by atoms with E-state index >= 15 is 0 Å². The number of aliphatic hydroxyl groups is 1. The normalized spacial score (nSPS) is 24.0. The third kappa shape index (κ3) is 4.43. The van der Waals surface area contributed by atoms with Crippen LogP contribution in [-0.4, -0.2) is 46.6 Å². The summed E-state index contributed by atoms with van der Waals surface area (Å²) in [5, 5.41) is 16.0. The molecule has 2 N–H and O–H groups in total. The highest BCUT2D eigenvalue weighted by atomic mass is 35.5. The fraction of sp³-hybridized carbons (Fsp3) is 0.323. The lowest BCUT2D eigenvalue weighted by Gasteiger charge is -2.32. The zero-order valence-corrected chi connectivity index (χ0v) is 24.9. The van der Waals surface area contributed by atoms with Crippen LogP contribution in [0.4, 0.5) is 5.69 Å². The molecule has 0 saturated carbocycles. The first-order valence-corrected chi connectivity index (χ1v) is 17.2. The van der Waals surface area contributed by atoms with Gasteiger partial charge in [0.2, 0.25) is 0 Å². The summed E-state index contributed by atoms with van der Waals surface area (Å²) in [6.07, 6.45) is 1.55. The number of fused-ring (bicyclic) bond motifs is 3. The van der Waals surface area contributed by atoms with Gasteiger partial charge in [0.1, 0.15) is 0 Å². The lowest BCUT2D eigenvalue weighted by atomic mass is 9.82. The Kier molecular flexibility index (Phi) is 6.91. The molecule has 0 unspecified atom stereocenters. The molecule has 4 atom stereocenters. The third-order valence-corrected chi connectivity index (χ3v) is 11.3. The lowest BCUT2D eigenvalue weighted by Crippen LogP contribution is -2.46. The molecule has 0 radical (unpaired) electrons. The molecular formula is C31H32ClN3O5Si. The maximum absolute atomic E-state index is 14.4. The van der Waals surface area contributed by atoms with Gasteiger partial charge in [0, 0.05) is 34.0 Å². The molecule has 1 saturated heterocycles. The Morgan fingerprint density at radius 2 is 1.80 bits per heavy atom. The molecule has 0 aliphatic carbocycles. The molecule has 1 aromatic heterocycles. The number of carbonyl (C=O) groups excluding carboxylic acids is 1. The predicted molar refractivity (Wildman–Crippen MR) is 161 cm³/mol.